The summed E-state index contributed by atoms with van der Waals surface area (Å²) >= 11 is 4.15. The Morgan fingerprint density at radius 2 is 2.05 bits per heavy atom. The van der Waals surface area contributed by atoms with Gasteiger partial charge in [-0.15, -0.1) is 11.3 Å². The van der Waals surface area contributed by atoms with Gasteiger partial charge in [-0.3, -0.25) is 0 Å². The first-order chi connectivity index (χ1) is 9.56. The number of rotatable bonds is 3. The molecule has 0 amide bonds. The molecule has 0 fully saturated rings. The fourth-order valence-electron chi connectivity index (χ4n) is 1.86. The number of hydrogen-bond donors (Lipinski definition) is 0. The molecule has 21 heavy (non-hydrogen) atoms. The van der Waals surface area contributed by atoms with Crippen LogP contribution in [0.4, 0.5) is 13.2 Å². The monoisotopic (exact) mass is 403 g/mol. The Labute approximate surface area is 131 Å². The second kappa shape index (κ2) is 5.40. The van der Waals surface area contributed by atoms with E-state index in [1.165, 1.54) is 0 Å². The lowest BCUT2D eigenvalue weighted by Crippen LogP contribution is -2.28. The normalized spacial score (nSPS) is 12.9. The number of thiazole rings is 1. The number of aryl methyl sites for hydroxylation is 1. The summed E-state index contributed by atoms with van der Waals surface area (Å²) in [6.45, 7) is 3.37. The van der Waals surface area contributed by atoms with E-state index in [4.69, 9.17) is 0 Å². The molecule has 0 spiro atoms. The summed E-state index contributed by atoms with van der Waals surface area (Å²) in [7, 11) is -5.72. The van der Waals surface area contributed by atoms with Gasteiger partial charge >= 0.3 is 15.6 Å². The van der Waals surface area contributed by atoms with Gasteiger partial charge in [0, 0.05) is 5.56 Å². The Hall–Kier alpha value is -0.870. The summed E-state index contributed by atoms with van der Waals surface area (Å²) in [4.78, 5) is 4.08. The number of aromatic nitrogens is 1. The minimum absolute atomic E-state index is 0.261. The van der Waals surface area contributed by atoms with E-state index >= 15 is 0 Å². The first-order valence-corrected chi connectivity index (χ1v) is 8.68. The number of alkyl halides is 3. The molecular weight excluding hydrogens is 395 g/mol. The highest BCUT2D eigenvalue weighted by Gasteiger charge is 2.49. The second-order valence-electron chi connectivity index (χ2n) is 4.15. The van der Waals surface area contributed by atoms with E-state index in [-0.39, 0.29) is 10.4 Å². The predicted octanol–water partition coefficient (Wildman–Crippen LogP) is 4.16. The van der Waals surface area contributed by atoms with E-state index in [1.807, 2.05) is 0 Å². The molecular formula is C11H9BrF3NO3S2. The highest BCUT2D eigenvalue weighted by atomic mass is 79.9. The molecule has 0 aliphatic carbocycles. The lowest BCUT2D eigenvalue weighted by atomic mass is 10.0. The third-order valence-electron chi connectivity index (χ3n) is 2.77. The summed E-state index contributed by atoms with van der Waals surface area (Å²) in [6, 6.07) is 1.68. The minimum Gasteiger partial charge on any atom is -0.374 e. The Bertz CT molecular complexity index is 799. The molecule has 10 heteroatoms. The van der Waals surface area contributed by atoms with E-state index in [0.29, 0.717) is 27.0 Å². The van der Waals surface area contributed by atoms with Crippen molar-refractivity contribution in [3.8, 4) is 5.75 Å². The molecule has 4 nitrogen and oxygen atoms in total. The molecule has 0 aliphatic heterocycles. The number of halogens is 4. The topological polar surface area (TPSA) is 56.3 Å². The molecule has 0 atom stereocenters. The molecule has 1 aromatic carbocycles. The third kappa shape index (κ3) is 3.02. The van der Waals surface area contributed by atoms with Crippen molar-refractivity contribution in [3.05, 3.63) is 21.1 Å². The molecule has 0 bridgehead atoms. The lowest BCUT2D eigenvalue weighted by molar-refractivity contribution is -0.0499. The molecule has 0 N–H and O–H groups in total. The zero-order valence-corrected chi connectivity index (χ0v) is 14.0. The van der Waals surface area contributed by atoms with Gasteiger partial charge in [-0.2, -0.15) is 21.6 Å². The van der Waals surface area contributed by atoms with Crippen molar-refractivity contribution in [3.63, 3.8) is 0 Å². The summed E-state index contributed by atoms with van der Waals surface area (Å²) in [5, 5.41) is 0. The molecule has 0 radical (unpaired) electrons. The smallest absolute Gasteiger partial charge is 0.374 e. The van der Waals surface area contributed by atoms with Gasteiger partial charge in [0.2, 0.25) is 0 Å². The van der Waals surface area contributed by atoms with Crippen molar-refractivity contribution >= 4 is 47.6 Å². The number of fused-ring (bicyclic) bond motifs is 1. The van der Waals surface area contributed by atoms with Crippen LogP contribution in [-0.2, 0) is 16.5 Å². The largest absolute Gasteiger partial charge is 0.534 e. The van der Waals surface area contributed by atoms with Crippen LogP contribution in [0.15, 0.2) is 9.98 Å². The van der Waals surface area contributed by atoms with Crippen LogP contribution >= 0.6 is 27.3 Å². The third-order valence-corrected chi connectivity index (χ3v) is 5.24. The van der Waals surface area contributed by atoms with Crippen molar-refractivity contribution in [1.29, 1.82) is 0 Å². The van der Waals surface area contributed by atoms with E-state index in [1.54, 1.807) is 19.9 Å². The van der Waals surface area contributed by atoms with Crippen LogP contribution in [-0.4, -0.2) is 18.9 Å². The van der Waals surface area contributed by atoms with Crippen molar-refractivity contribution in [2.75, 3.05) is 0 Å². The Morgan fingerprint density at radius 3 is 2.57 bits per heavy atom. The quantitative estimate of drug-likeness (QED) is 0.570. The first kappa shape index (κ1) is 16.5. The summed E-state index contributed by atoms with van der Waals surface area (Å²) in [6.07, 6.45) is 0.333. The van der Waals surface area contributed by atoms with Crippen molar-refractivity contribution in [2.24, 2.45) is 0 Å². The van der Waals surface area contributed by atoms with Crippen molar-refractivity contribution < 1.29 is 25.8 Å². The Kier molecular flexibility index (Phi) is 4.24. The maximum absolute atomic E-state index is 12.5. The average molecular weight is 404 g/mol. The minimum atomic E-state index is -5.72. The zero-order chi connectivity index (χ0) is 16.0. The van der Waals surface area contributed by atoms with Crippen LogP contribution in [0, 0.1) is 6.92 Å². The highest BCUT2D eigenvalue weighted by molar-refractivity contribution is 9.11. The fraction of sp³-hybridized carbons (Fsp3) is 0.364. The van der Waals surface area contributed by atoms with Gasteiger partial charge in [-0.1, -0.05) is 6.92 Å². The second-order valence-corrected chi connectivity index (χ2v) is 7.97. The van der Waals surface area contributed by atoms with Crippen LogP contribution in [0.1, 0.15) is 18.1 Å². The van der Waals surface area contributed by atoms with Gasteiger partial charge < -0.3 is 4.18 Å². The van der Waals surface area contributed by atoms with Gasteiger partial charge in [-0.05, 0) is 40.9 Å². The van der Waals surface area contributed by atoms with Crippen LogP contribution in [0.5, 0.6) is 5.75 Å². The molecule has 0 saturated heterocycles. The average Bonchev–Trinajstić information content (AvgIpc) is 2.67. The molecule has 2 rings (SSSR count). The number of hydrogen-bond acceptors (Lipinski definition) is 5. The highest BCUT2D eigenvalue weighted by Crippen LogP contribution is 2.40. The van der Waals surface area contributed by atoms with E-state index in [9.17, 15) is 21.6 Å². The van der Waals surface area contributed by atoms with Crippen LogP contribution < -0.4 is 4.18 Å². The van der Waals surface area contributed by atoms with Gasteiger partial charge in [0.1, 0.15) is 0 Å². The van der Waals surface area contributed by atoms with Gasteiger partial charge in [0.15, 0.2) is 9.67 Å². The summed E-state index contributed by atoms with van der Waals surface area (Å²) in [5.74, 6) is -0.298. The molecule has 2 aromatic rings. The van der Waals surface area contributed by atoms with Crippen molar-refractivity contribution in [2.45, 2.75) is 25.8 Å². The molecule has 1 heterocycles. The van der Waals surface area contributed by atoms with Gasteiger partial charge in [-0.25, -0.2) is 4.98 Å². The molecule has 0 unspecified atom stereocenters. The van der Waals surface area contributed by atoms with E-state index in [2.05, 4.69) is 25.1 Å². The number of nitrogens with zero attached hydrogens (tertiary/aromatic N) is 1. The summed E-state index contributed by atoms with van der Waals surface area (Å²) < 4.78 is 65.2. The van der Waals surface area contributed by atoms with E-state index in [0.717, 1.165) is 11.3 Å². The van der Waals surface area contributed by atoms with E-state index < -0.39 is 15.6 Å². The zero-order valence-electron chi connectivity index (χ0n) is 10.8. The van der Waals surface area contributed by atoms with Crippen LogP contribution in [0.25, 0.3) is 10.2 Å². The lowest BCUT2D eigenvalue weighted by Gasteiger charge is -2.14. The van der Waals surface area contributed by atoms with Crippen LogP contribution in [0.3, 0.4) is 0 Å². The Morgan fingerprint density at radius 1 is 1.43 bits per heavy atom. The fourth-order valence-corrected chi connectivity index (χ4v) is 3.86. The van der Waals surface area contributed by atoms with Gasteiger partial charge in [0.25, 0.3) is 0 Å². The van der Waals surface area contributed by atoms with Crippen LogP contribution in [0.2, 0.25) is 0 Å². The molecule has 1 aromatic heterocycles. The van der Waals surface area contributed by atoms with Crippen molar-refractivity contribution in [1.82, 2.24) is 4.98 Å². The SMILES string of the molecule is CCc1c(C)cc2nc(Br)sc2c1OS(=O)(=O)C(F)(F)F. The Balaban J connectivity index is 2.72. The van der Waals surface area contributed by atoms with Gasteiger partial charge in [0.05, 0.1) is 10.2 Å². The number of benzene rings is 1. The summed E-state index contributed by atoms with van der Waals surface area (Å²) in [5.41, 5.74) is -4.06. The maximum Gasteiger partial charge on any atom is 0.534 e. The molecule has 0 aliphatic rings. The maximum atomic E-state index is 12.5. The molecule has 116 valence electrons. The predicted molar refractivity (Wildman–Crippen MR) is 77.0 cm³/mol. The standard InChI is InChI=1S/C11H9BrF3NO3S2/c1-3-6-5(2)4-7-9(20-10(12)16-7)8(6)19-21(17,18)11(13,14)15/h4H,3H2,1-2H3. The molecule has 0 saturated carbocycles. The first-order valence-electron chi connectivity index (χ1n) is 5.66.